The van der Waals surface area contributed by atoms with E-state index in [4.69, 9.17) is 11.6 Å². The van der Waals surface area contributed by atoms with Gasteiger partial charge in [0.05, 0.1) is 10.5 Å². The fraction of sp³-hybridized carbons (Fsp3) is 0.200. The summed E-state index contributed by atoms with van der Waals surface area (Å²) < 4.78 is 13.2. The lowest BCUT2D eigenvalue weighted by Gasteiger charge is -2.15. The molecule has 0 spiro atoms. The SMILES string of the molecule is CCSC1=C(c2ccc(F)cc2)C(=O)N(CCc2ccc(Cl)cc2)C1=O. The van der Waals surface area contributed by atoms with Crippen molar-refractivity contribution >= 4 is 40.8 Å². The van der Waals surface area contributed by atoms with Gasteiger partial charge in [-0.05, 0) is 47.6 Å². The highest BCUT2D eigenvalue weighted by molar-refractivity contribution is 8.04. The maximum atomic E-state index is 13.2. The van der Waals surface area contributed by atoms with Crippen molar-refractivity contribution in [1.82, 2.24) is 4.90 Å². The second kappa shape index (κ2) is 8.06. The summed E-state index contributed by atoms with van der Waals surface area (Å²) in [4.78, 5) is 27.3. The van der Waals surface area contributed by atoms with Crippen molar-refractivity contribution in [2.75, 3.05) is 12.3 Å². The molecule has 2 amide bonds. The van der Waals surface area contributed by atoms with Crippen LogP contribution in [0.25, 0.3) is 5.57 Å². The van der Waals surface area contributed by atoms with E-state index in [-0.39, 0.29) is 24.2 Å². The number of carbonyl (C=O) groups is 2. The van der Waals surface area contributed by atoms with Crippen LogP contribution in [0.5, 0.6) is 0 Å². The molecule has 134 valence electrons. The number of nitrogens with zero attached hydrogens (tertiary/aromatic N) is 1. The molecular formula is C20H17ClFNO2S. The zero-order valence-corrected chi connectivity index (χ0v) is 15.7. The molecule has 0 atom stereocenters. The van der Waals surface area contributed by atoms with Gasteiger partial charge in [-0.2, -0.15) is 0 Å². The number of hydrogen-bond acceptors (Lipinski definition) is 3. The number of rotatable bonds is 6. The normalized spacial score (nSPS) is 14.5. The van der Waals surface area contributed by atoms with Crippen LogP contribution < -0.4 is 0 Å². The first-order chi connectivity index (χ1) is 12.5. The maximum absolute atomic E-state index is 13.2. The molecule has 1 aliphatic heterocycles. The van der Waals surface area contributed by atoms with Crippen LogP contribution >= 0.6 is 23.4 Å². The molecule has 6 heteroatoms. The molecular weight excluding hydrogens is 373 g/mol. The van der Waals surface area contributed by atoms with Crippen LogP contribution in [0.4, 0.5) is 4.39 Å². The lowest BCUT2D eigenvalue weighted by atomic mass is 10.1. The second-order valence-corrected chi connectivity index (χ2v) is 7.49. The van der Waals surface area contributed by atoms with Crippen LogP contribution in [0.1, 0.15) is 18.1 Å². The highest BCUT2D eigenvalue weighted by Crippen LogP contribution is 2.36. The zero-order valence-electron chi connectivity index (χ0n) is 14.2. The van der Waals surface area contributed by atoms with Crippen LogP contribution in [0.2, 0.25) is 5.02 Å². The van der Waals surface area contributed by atoms with Crippen molar-refractivity contribution in [3.8, 4) is 0 Å². The van der Waals surface area contributed by atoms with E-state index in [1.54, 1.807) is 12.1 Å². The summed E-state index contributed by atoms with van der Waals surface area (Å²) in [7, 11) is 0. The van der Waals surface area contributed by atoms with E-state index in [9.17, 15) is 14.0 Å². The molecule has 0 fully saturated rings. The van der Waals surface area contributed by atoms with Crippen LogP contribution in [0.3, 0.4) is 0 Å². The van der Waals surface area contributed by atoms with Gasteiger partial charge in [0.1, 0.15) is 5.82 Å². The molecule has 2 aromatic rings. The Labute approximate surface area is 160 Å². The Morgan fingerprint density at radius 2 is 1.65 bits per heavy atom. The van der Waals surface area contributed by atoms with Gasteiger partial charge in [-0.1, -0.05) is 42.8 Å². The van der Waals surface area contributed by atoms with Crippen LogP contribution in [-0.4, -0.2) is 29.0 Å². The summed E-state index contributed by atoms with van der Waals surface area (Å²) in [6.07, 6.45) is 0.551. The van der Waals surface area contributed by atoms with Gasteiger partial charge in [0.2, 0.25) is 0 Å². The predicted molar refractivity (Wildman–Crippen MR) is 103 cm³/mol. The Hall–Kier alpha value is -2.11. The summed E-state index contributed by atoms with van der Waals surface area (Å²) in [5, 5.41) is 0.643. The molecule has 0 aromatic heterocycles. The molecule has 0 aliphatic carbocycles. The van der Waals surface area contributed by atoms with Crippen molar-refractivity contribution in [3.63, 3.8) is 0 Å². The minimum atomic E-state index is -0.379. The molecule has 3 nitrogen and oxygen atoms in total. The van der Waals surface area contributed by atoms with E-state index in [0.717, 1.165) is 5.56 Å². The number of thioether (sulfide) groups is 1. The topological polar surface area (TPSA) is 37.4 Å². The van der Waals surface area contributed by atoms with Crippen LogP contribution in [0, 0.1) is 5.82 Å². The minimum absolute atomic E-state index is 0.282. The molecule has 0 saturated heterocycles. The number of hydrogen-bond donors (Lipinski definition) is 0. The average Bonchev–Trinajstić information content (AvgIpc) is 2.86. The van der Waals surface area contributed by atoms with Crippen molar-refractivity contribution in [3.05, 3.63) is 75.4 Å². The Kier molecular flexibility index (Phi) is 5.79. The van der Waals surface area contributed by atoms with Crippen molar-refractivity contribution in [2.24, 2.45) is 0 Å². The van der Waals surface area contributed by atoms with Crippen molar-refractivity contribution in [2.45, 2.75) is 13.3 Å². The summed E-state index contributed by atoms with van der Waals surface area (Å²) in [6.45, 7) is 2.21. The maximum Gasteiger partial charge on any atom is 0.267 e. The van der Waals surface area contributed by atoms with Gasteiger partial charge in [0.25, 0.3) is 11.8 Å². The van der Waals surface area contributed by atoms with Gasteiger partial charge in [-0.3, -0.25) is 14.5 Å². The second-order valence-electron chi connectivity index (χ2n) is 5.78. The molecule has 0 unspecified atom stereocenters. The lowest BCUT2D eigenvalue weighted by Crippen LogP contribution is -2.33. The first-order valence-corrected chi connectivity index (χ1v) is 9.61. The van der Waals surface area contributed by atoms with E-state index in [2.05, 4.69) is 0 Å². The summed E-state index contributed by atoms with van der Waals surface area (Å²) in [5.41, 5.74) is 1.92. The van der Waals surface area contributed by atoms with Gasteiger partial charge in [-0.15, -0.1) is 11.8 Å². The van der Waals surface area contributed by atoms with E-state index < -0.39 is 0 Å². The molecule has 0 bridgehead atoms. The highest BCUT2D eigenvalue weighted by Gasteiger charge is 2.38. The molecule has 2 aromatic carbocycles. The molecule has 0 N–H and O–H groups in total. The Morgan fingerprint density at radius 3 is 2.27 bits per heavy atom. The van der Waals surface area contributed by atoms with Gasteiger partial charge >= 0.3 is 0 Å². The first-order valence-electron chi connectivity index (χ1n) is 8.25. The molecule has 0 radical (unpaired) electrons. The third-order valence-electron chi connectivity index (χ3n) is 4.08. The third-order valence-corrected chi connectivity index (χ3v) is 5.29. The Morgan fingerprint density at radius 1 is 1.00 bits per heavy atom. The minimum Gasteiger partial charge on any atom is -0.274 e. The highest BCUT2D eigenvalue weighted by atomic mass is 35.5. The molecule has 1 heterocycles. The van der Waals surface area contributed by atoms with Crippen LogP contribution in [-0.2, 0) is 16.0 Å². The largest absolute Gasteiger partial charge is 0.274 e. The number of benzene rings is 2. The Balaban J connectivity index is 1.84. The molecule has 26 heavy (non-hydrogen) atoms. The standard InChI is InChI=1S/C20H17ClFNO2S/c1-2-26-18-17(14-5-9-16(22)10-6-14)19(24)23(20(18)25)12-11-13-3-7-15(21)8-4-13/h3-10H,2,11-12H2,1H3. The van der Waals surface area contributed by atoms with Crippen molar-refractivity contribution in [1.29, 1.82) is 0 Å². The van der Waals surface area contributed by atoms with E-state index in [1.165, 1.54) is 40.9 Å². The van der Waals surface area contributed by atoms with Gasteiger partial charge in [-0.25, -0.2) is 4.39 Å². The molecule has 1 aliphatic rings. The predicted octanol–water partition coefficient (Wildman–Crippen LogP) is 4.55. The van der Waals surface area contributed by atoms with E-state index in [0.29, 0.717) is 33.2 Å². The fourth-order valence-corrected chi connectivity index (χ4v) is 3.80. The summed E-state index contributed by atoms with van der Waals surface area (Å²) in [5.74, 6) is -0.318. The van der Waals surface area contributed by atoms with Gasteiger partial charge in [0, 0.05) is 11.6 Å². The zero-order chi connectivity index (χ0) is 18.7. The lowest BCUT2D eigenvalue weighted by molar-refractivity contribution is -0.136. The number of imide groups is 1. The number of amides is 2. The molecule has 3 rings (SSSR count). The van der Waals surface area contributed by atoms with Crippen molar-refractivity contribution < 1.29 is 14.0 Å². The summed E-state index contributed by atoms with van der Waals surface area (Å²) >= 11 is 7.22. The quantitative estimate of drug-likeness (QED) is 0.680. The summed E-state index contributed by atoms with van der Waals surface area (Å²) in [6, 6.07) is 13.0. The van der Waals surface area contributed by atoms with Gasteiger partial charge < -0.3 is 0 Å². The number of halogens is 2. The monoisotopic (exact) mass is 389 g/mol. The molecule has 0 saturated carbocycles. The van der Waals surface area contributed by atoms with E-state index >= 15 is 0 Å². The smallest absolute Gasteiger partial charge is 0.267 e. The van der Waals surface area contributed by atoms with E-state index in [1.807, 2.05) is 19.1 Å². The average molecular weight is 390 g/mol. The third kappa shape index (κ3) is 3.84. The Bertz CT molecular complexity index is 862. The van der Waals surface area contributed by atoms with Gasteiger partial charge in [0.15, 0.2) is 0 Å². The van der Waals surface area contributed by atoms with Crippen LogP contribution in [0.15, 0.2) is 53.4 Å². The fourth-order valence-electron chi connectivity index (χ4n) is 2.80. The number of carbonyl (C=O) groups excluding carboxylic acids is 2. The first kappa shape index (κ1) is 18.7.